The van der Waals surface area contributed by atoms with E-state index in [0.29, 0.717) is 17.0 Å². The predicted octanol–water partition coefficient (Wildman–Crippen LogP) is 2.51. The fourth-order valence-electron chi connectivity index (χ4n) is 4.47. The first-order valence-electron chi connectivity index (χ1n) is 11.5. The third kappa shape index (κ3) is 4.32. The predicted molar refractivity (Wildman–Crippen MR) is 123 cm³/mol. The Labute approximate surface area is 201 Å². The zero-order chi connectivity index (χ0) is 24.4. The van der Waals surface area contributed by atoms with Crippen LogP contribution in [0.4, 0.5) is 4.79 Å². The molecule has 3 aromatic rings. The van der Waals surface area contributed by atoms with E-state index in [2.05, 4.69) is 20.8 Å². The molecular weight excluding hydrogens is 450 g/mol. The van der Waals surface area contributed by atoms with E-state index in [1.165, 1.54) is 11.0 Å². The van der Waals surface area contributed by atoms with Crippen LogP contribution in [0.5, 0.6) is 0 Å². The Morgan fingerprint density at radius 2 is 2.11 bits per heavy atom. The minimum Gasteiger partial charge on any atom is -0.467 e. The maximum atomic E-state index is 13.5. The zero-order valence-electron chi connectivity index (χ0n) is 19.3. The summed E-state index contributed by atoms with van der Waals surface area (Å²) in [6, 6.07) is 9.96. The first kappa shape index (κ1) is 22.5. The number of nitrogens with zero attached hydrogens (tertiary/aromatic N) is 6. The standard InChI is InChI=1S/C24H25N7O4/c1-24(17-7-5-10-19(13-17)31-16-25-27-28-31)22(33)30(23(34)26-24)15-21(32)29(14-20-11-6-12-35-20)18-8-3-2-4-9-18/h5-8,10-13,16H,2-4,9,14-15H2,1H3,(H,26,34)/t24-/m0/s1. The first-order valence-corrected chi connectivity index (χ1v) is 11.5. The van der Waals surface area contributed by atoms with Crippen molar-refractivity contribution in [3.63, 3.8) is 0 Å². The lowest BCUT2D eigenvalue weighted by molar-refractivity contribution is -0.138. The highest BCUT2D eigenvalue weighted by atomic mass is 16.3. The quantitative estimate of drug-likeness (QED) is 0.520. The summed E-state index contributed by atoms with van der Waals surface area (Å²) in [7, 11) is 0. The number of urea groups is 1. The summed E-state index contributed by atoms with van der Waals surface area (Å²) in [5.74, 6) is -0.212. The fourth-order valence-corrected chi connectivity index (χ4v) is 4.47. The average molecular weight is 476 g/mol. The van der Waals surface area contributed by atoms with Crippen molar-refractivity contribution in [3.8, 4) is 5.69 Å². The summed E-state index contributed by atoms with van der Waals surface area (Å²) in [4.78, 5) is 42.4. The molecule has 0 radical (unpaired) electrons. The maximum Gasteiger partial charge on any atom is 0.325 e. The van der Waals surface area contributed by atoms with Gasteiger partial charge in [0, 0.05) is 5.70 Å². The number of hydrogen-bond donors (Lipinski definition) is 1. The summed E-state index contributed by atoms with van der Waals surface area (Å²) < 4.78 is 6.91. The van der Waals surface area contributed by atoms with E-state index in [1.807, 2.05) is 6.08 Å². The molecule has 180 valence electrons. The molecule has 0 saturated carbocycles. The third-order valence-electron chi connectivity index (χ3n) is 6.41. The third-order valence-corrected chi connectivity index (χ3v) is 6.41. The molecule has 1 atom stereocenters. The van der Waals surface area contributed by atoms with Crippen molar-refractivity contribution in [2.75, 3.05) is 6.54 Å². The number of rotatable bonds is 7. The fraction of sp³-hybridized carbons (Fsp3) is 0.333. The molecule has 0 bridgehead atoms. The molecule has 1 fully saturated rings. The van der Waals surface area contributed by atoms with Crippen molar-refractivity contribution in [1.29, 1.82) is 0 Å². The van der Waals surface area contributed by atoms with Crippen molar-refractivity contribution >= 4 is 17.8 Å². The van der Waals surface area contributed by atoms with Gasteiger partial charge in [-0.05, 0) is 72.9 Å². The summed E-state index contributed by atoms with van der Waals surface area (Å²) in [5.41, 5.74) is 0.749. The molecule has 4 amide bonds. The van der Waals surface area contributed by atoms with Crippen LogP contribution in [0.2, 0.25) is 0 Å². The van der Waals surface area contributed by atoms with Crippen LogP contribution in [0.3, 0.4) is 0 Å². The van der Waals surface area contributed by atoms with Gasteiger partial charge in [0.1, 0.15) is 24.2 Å². The highest BCUT2D eigenvalue weighted by Crippen LogP contribution is 2.31. The Kier molecular flexibility index (Phi) is 5.89. The van der Waals surface area contributed by atoms with E-state index < -0.39 is 17.5 Å². The molecule has 0 spiro atoms. The minimum absolute atomic E-state index is 0.243. The molecule has 5 rings (SSSR count). The van der Waals surface area contributed by atoms with Crippen molar-refractivity contribution < 1.29 is 18.8 Å². The van der Waals surface area contributed by atoms with Gasteiger partial charge < -0.3 is 14.6 Å². The van der Waals surface area contributed by atoms with Gasteiger partial charge in [0.2, 0.25) is 5.91 Å². The van der Waals surface area contributed by atoms with Crippen molar-refractivity contribution in [2.45, 2.75) is 44.7 Å². The number of benzene rings is 1. The first-order chi connectivity index (χ1) is 17.0. The van der Waals surface area contributed by atoms with E-state index >= 15 is 0 Å². The van der Waals surface area contributed by atoms with Gasteiger partial charge in [-0.2, -0.15) is 0 Å². The molecule has 0 unspecified atom stereocenters. The van der Waals surface area contributed by atoms with E-state index in [-0.39, 0.29) is 19.0 Å². The lowest BCUT2D eigenvalue weighted by Crippen LogP contribution is -2.44. The van der Waals surface area contributed by atoms with Crippen molar-refractivity contribution in [3.05, 3.63) is 72.1 Å². The lowest BCUT2D eigenvalue weighted by atomic mass is 9.91. The van der Waals surface area contributed by atoms with Crippen LogP contribution in [-0.4, -0.2) is 54.4 Å². The van der Waals surface area contributed by atoms with Gasteiger partial charge in [-0.3, -0.25) is 14.5 Å². The molecule has 1 N–H and O–H groups in total. The second-order valence-electron chi connectivity index (χ2n) is 8.75. The number of imide groups is 1. The molecule has 1 saturated heterocycles. The van der Waals surface area contributed by atoms with Crippen LogP contribution in [0.1, 0.15) is 43.9 Å². The largest absolute Gasteiger partial charge is 0.467 e. The molecule has 1 aliphatic heterocycles. The molecule has 2 aliphatic rings. The lowest BCUT2D eigenvalue weighted by Gasteiger charge is -2.28. The number of amides is 4. The van der Waals surface area contributed by atoms with Crippen LogP contribution in [0.25, 0.3) is 5.69 Å². The number of aromatic nitrogens is 4. The van der Waals surface area contributed by atoms with E-state index in [9.17, 15) is 14.4 Å². The number of carbonyl (C=O) groups is 3. The van der Waals surface area contributed by atoms with Crippen LogP contribution in [0.15, 0.2) is 65.2 Å². The monoisotopic (exact) mass is 475 g/mol. The SMILES string of the molecule is C[C@@]1(c2cccc(-n3cnnn3)c2)NC(=O)N(CC(=O)N(Cc2ccco2)C2=CCCCC2)C1=O. The average Bonchev–Trinajstić information content (AvgIpc) is 3.63. The molecule has 1 aromatic carbocycles. The molecule has 1 aliphatic carbocycles. The Balaban J connectivity index is 1.38. The molecule has 2 aromatic heterocycles. The second-order valence-corrected chi connectivity index (χ2v) is 8.75. The minimum atomic E-state index is -1.34. The highest BCUT2D eigenvalue weighted by molar-refractivity contribution is 6.09. The number of nitrogens with one attached hydrogen (secondary N) is 1. The van der Waals surface area contributed by atoms with Gasteiger partial charge in [0.05, 0.1) is 18.5 Å². The van der Waals surface area contributed by atoms with Gasteiger partial charge in [0.15, 0.2) is 0 Å². The van der Waals surface area contributed by atoms with Crippen LogP contribution in [0, 0.1) is 0 Å². The Hall–Kier alpha value is -4.28. The van der Waals surface area contributed by atoms with Crippen LogP contribution in [-0.2, 0) is 21.7 Å². The molecular formula is C24H25N7O4. The number of furan rings is 1. The number of hydrogen-bond acceptors (Lipinski definition) is 7. The maximum absolute atomic E-state index is 13.5. The Bertz CT molecular complexity index is 1270. The van der Waals surface area contributed by atoms with Crippen LogP contribution < -0.4 is 5.32 Å². The van der Waals surface area contributed by atoms with Gasteiger partial charge >= 0.3 is 6.03 Å². The zero-order valence-corrected chi connectivity index (χ0v) is 19.3. The second kappa shape index (κ2) is 9.16. The number of tetrazole rings is 1. The van der Waals surface area contributed by atoms with E-state index in [4.69, 9.17) is 4.42 Å². The number of allylic oxidation sites excluding steroid dienone is 2. The van der Waals surface area contributed by atoms with Crippen molar-refractivity contribution in [2.24, 2.45) is 0 Å². The van der Waals surface area contributed by atoms with Gasteiger partial charge in [-0.15, -0.1) is 5.10 Å². The topological polar surface area (TPSA) is 126 Å². The number of carbonyl (C=O) groups excluding carboxylic acids is 3. The van der Waals surface area contributed by atoms with E-state index in [1.54, 1.807) is 54.5 Å². The summed E-state index contributed by atoms with van der Waals surface area (Å²) in [6.45, 7) is 1.50. The summed E-state index contributed by atoms with van der Waals surface area (Å²) >= 11 is 0. The van der Waals surface area contributed by atoms with E-state index in [0.717, 1.165) is 36.3 Å². The normalized spacial score (nSPS) is 20.0. The molecule has 11 nitrogen and oxygen atoms in total. The molecule has 3 heterocycles. The summed E-state index contributed by atoms with van der Waals surface area (Å²) in [6.07, 6.45) is 8.73. The molecule has 35 heavy (non-hydrogen) atoms. The molecule has 11 heteroatoms. The highest BCUT2D eigenvalue weighted by Gasteiger charge is 2.50. The Morgan fingerprint density at radius 1 is 1.23 bits per heavy atom. The van der Waals surface area contributed by atoms with Gasteiger partial charge in [-0.1, -0.05) is 18.2 Å². The summed E-state index contributed by atoms with van der Waals surface area (Å²) in [5, 5.41) is 13.9. The Morgan fingerprint density at radius 3 is 2.83 bits per heavy atom. The van der Waals surface area contributed by atoms with Crippen LogP contribution >= 0.6 is 0 Å². The van der Waals surface area contributed by atoms with Crippen molar-refractivity contribution in [1.82, 2.24) is 35.3 Å². The van der Waals surface area contributed by atoms with Gasteiger partial charge in [-0.25, -0.2) is 9.48 Å². The van der Waals surface area contributed by atoms with Gasteiger partial charge in [0.25, 0.3) is 5.91 Å². The smallest absolute Gasteiger partial charge is 0.325 e.